The molecule has 2 N–H and O–H groups in total. The van der Waals surface area contributed by atoms with Gasteiger partial charge in [-0.3, -0.25) is 4.99 Å². The van der Waals surface area contributed by atoms with E-state index in [1.807, 2.05) is 20.8 Å². The normalized spacial score (nSPS) is 21.2. The molecule has 0 saturated heterocycles. The Kier molecular flexibility index (Phi) is 9.63. The van der Waals surface area contributed by atoms with Crippen LogP contribution >= 0.6 is 35.3 Å². The molecule has 0 amide bonds. The molecule has 1 aromatic heterocycles. The molecule has 26 heavy (non-hydrogen) atoms. The van der Waals surface area contributed by atoms with Crippen molar-refractivity contribution in [3.63, 3.8) is 0 Å². The summed E-state index contributed by atoms with van der Waals surface area (Å²) in [4.78, 5) is 10.1. The number of aryl methyl sites for hydroxylation is 2. The number of aromatic nitrogens is 1. The Balaban J connectivity index is 0.00000338. The van der Waals surface area contributed by atoms with E-state index in [1.54, 1.807) is 11.3 Å². The number of rotatable bonds is 5. The van der Waals surface area contributed by atoms with Crippen molar-refractivity contribution in [2.75, 3.05) is 13.1 Å². The van der Waals surface area contributed by atoms with Crippen LogP contribution < -0.4 is 10.6 Å². The fraction of sp³-hybridized carbons (Fsp3) is 0.765. The van der Waals surface area contributed by atoms with Gasteiger partial charge in [0.25, 0.3) is 0 Å². The quantitative estimate of drug-likeness (QED) is 0.350. The summed E-state index contributed by atoms with van der Waals surface area (Å²) in [5.41, 5.74) is 1.04. The van der Waals surface area contributed by atoms with E-state index in [0.717, 1.165) is 23.5 Å². The Bertz CT molecular complexity index is 589. The maximum absolute atomic E-state index is 13.0. The van der Waals surface area contributed by atoms with Crippen molar-refractivity contribution in [2.24, 2.45) is 10.9 Å². The maximum atomic E-state index is 13.0. The fourth-order valence-electron chi connectivity index (χ4n) is 3.21. The van der Waals surface area contributed by atoms with Crippen LogP contribution in [0.4, 0.5) is 13.2 Å². The van der Waals surface area contributed by atoms with E-state index in [1.165, 1.54) is 4.88 Å². The summed E-state index contributed by atoms with van der Waals surface area (Å²) in [5, 5.41) is 7.37. The third kappa shape index (κ3) is 7.21. The van der Waals surface area contributed by atoms with Gasteiger partial charge in [-0.1, -0.05) is 6.42 Å². The zero-order valence-electron chi connectivity index (χ0n) is 15.4. The van der Waals surface area contributed by atoms with Gasteiger partial charge in [0.1, 0.15) is 0 Å². The monoisotopic (exact) mass is 504 g/mol. The highest BCUT2D eigenvalue weighted by Crippen LogP contribution is 2.37. The summed E-state index contributed by atoms with van der Waals surface area (Å²) in [6.07, 6.45) is -1.59. The van der Waals surface area contributed by atoms with Crippen LogP contribution in [0.15, 0.2) is 4.99 Å². The van der Waals surface area contributed by atoms with Crippen molar-refractivity contribution in [3.8, 4) is 0 Å². The standard InChI is InChI=1S/C17H27F3N4S.HI/c1-4-21-16(22-9-8-15-11(2)23-12(3)25-15)24-14-7-5-6-13(10-14)17(18,19)20;/h13-14H,4-10H2,1-3H3,(H2,21,22,24);1H. The van der Waals surface area contributed by atoms with Crippen LogP contribution in [-0.4, -0.2) is 36.3 Å². The Hall–Kier alpha value is -0.580. The minimum absolute atomic E-state index is 0. The number of thiazole rings is 1. The SMILES string of the molecule is CCNC(=NCCc1sc(C)nc1C)NC1CCCC(C(F)(F)F)C1.I. The third-order valence-electron chi connectivity index (χ3n) is 4.43. The molecule has 0 radical (unpaired) electrons. The molecule has 4 nitrogen and oxygen atoms in total. The number of guanidine groups is 1. The molecule has 1 heterocycles. The van der Waals surface area contributed by atoms with Crippen molar-refractivity contribution >= 4 is 41.3 Å². The van der Waals surface area contributed by atoms with Crippen molar-refractivity contribution in [1.82, 2.24) is 15.6 Å². The fourth-order valence-corrected chi connectivity index (χ4v) is 4.13. The van der Waals surface area contributed by atoms with Crippen molar-refractivity contribution in [1.29, 1.82) is 0 Å². The molecule has 2 atom stereocenters. The topological polar surface area (TPSA) is 49.3 Å². The van der Waals surface area contributed by atoms with Crippen LogP contribution in [0.5, 0.6) is 0 Å². The van der Waals surface area contributed by atoms with Crippen LogP contribution in [0.1, 0.15) is 48.2 Å². The van der Waals surface area contributed by atoms with Gasteiger partial charge in [-0.15, -0.1) is 35.3 Å². The number of aliphatic imine (C=N–C) groups is 1. The molecular formula is C17H28F3IN4S. The highest BCUT2D eigenvalue weighted by atomic mass is 127. The van der Waals surface area contributed by atoms with Gasteiger partial charge in [-0.25, -0.2) is 4.98 Å². The minimum atomic E-state index is -4.10. The van der Waals surface area contributed by atoms with Crippen molar-refractivity contribution in [2.45, 2.75) is 65.1 Å². The zero-order chi connectivity index (χ0) is 18.4. The average Bonchev–Trinajstić information content (AvgIpc) is 2.85. The van der Waals surface area contributed by atoms with Crippen molar-refractivity contribution < 1.29 is 13.2 Å². The van der Waals surface area contributed by atoms with Gasteiger partial charge in [0.2, 0.25) is 0 Å². The Morgan fingerprint density at radius 3 is 2.62 bits per heavy atom. The third-order valence-corrected chi connectivity index (χ3v) is 5.56. The van der Waals surface area contributed by atoms with Gasteiger partial charge >= 0.3 is 6.18 Å². The lowest BCUT2D eigenvalue weighted by Gasteiger charge is -2.31. The first-order valence-electron chi connectivity index (χ1n) is 8.84. The highest BCUT2D eigenvalue weighted by Gasteiger charge is 2.42. The van der Waals surface area contributed by atoms with Gasteiger partial charge in [-0.05, 0) is 40.0 Å². The van der Waals surface area contributed by atoms with Crippen LogP contribution in [0, 0.1) is 19.8 Å². The molecule has 1 aliphatic carbocycles. The maximum Gasteiger partial charge on any atom is 0.391 e. The summed E-state index contributed by atoms with van der Waals surface area (Å²) in [6.45, 7) is 7.20. The van der Waals surface area contributed by atoms with Crippen LogP contribution in [-0.2, 0) is 6.42 Å². The van der Waals surface area contributed by atoms with Crippen molar-refractivity contribution in [3.05, 3.63) is 15.6 Å². The lowest BCUT2D eigenvalue weighted by molar-refractivity contribution is -0.183. The van der Waals surface area contributed by atoms with Gasteiger partial charge in [0.15, 0.2) is 5.96 Å². The molecule has 1 fully saturated rings. The molecule has 0 aromatic carbocycles. The Morgan fingerprint density at radius 1 is 1.31 bits per heavy atom. The predicted molar refractivity (Wildman–Crippen MR) is 112 cm³/mol. The molecule has 2 rings (SSSR count). The van der Waals surface area contributed by atoms with Gasteiger partial charge in [0.05, 0.1) is 16.6 Å². The van der Waals surface area contributed by atoms with Crippen LogP contribution in [0.2, 0.25) is 0 Å². The van der Waals surface area contributed by atoms with Gasteiger partial charge in [-0.2, -0.15) is 13.2 Å². The summed E-state index contributed by atoms with van der Waals surface area (Å²) in [5.74, 6) is -0.598. The lowest BCUT2D eigenvalue weighted by Crippen LogP contribution is -2.46. The predicted octanol–water partition coefficient (Wildman–Crippen LogP) is 4.60. The average molecular weight is 504 g/mol. The molecule has 1 aromatic rings. The van der Waals surface area contributed by atoms with Gasteiger partial charge < -0.3 is 10.6 Å². The second-order valence-electron chi connectivity index (χ2n) is 6.50. The Morgan fingerprint density at radius 2 is 2.04 bits per heavy atom. The minimum Gasteiger partial charge on any atom is -0.357 e. The molecule has 0 aliphatic heterocycles. The van der Waals surface area contributed by atoms with E-state index in [-0.39, 0.29) is 42.9 Å². The highest BCUT2D eigenvalue weighted by molar-refractivity contribution is 14.0. The molecule has 1 saturated carbocycles. The number of hydrogen-bond donors (Lipinski definition) is 2. The second-order valence-corrected chi connectivity index (χ2v) is 7.79. The molecule has 2 unspecified atom stereocenters. The van der Waals surface area contributed by atoms with E-state index in [4.69, 9.17) is 0 Å². The first-order chi connectivity index (χ1) is 11.8. The van der Waals surface area contributed by atoms with E-state index in [9.17, 15) is 13.2 Å². The molecule has 0 spiro atoms. The largest absolute Gasteiger partial charge is 0.391 e. The second kappa shape index (κ2) is 10.7. The molecule has 1 aliphatic rings. The van der Waals surface area contributed by atoms with Gasteiger partial charge in [0, 0.05) is 30.4 Å². The van der Waals surface area contributed by atoms with E-state index in [0.29, 0.717) is 25.5 Å². The van der Waals surface area contributed by atoms with E-state index < -0.39 is 12.1 Å². The lowest BCUT2D eigenvalue weighted by atomic mass is 9.85. The summed E-state index contributed by atoms with van der Waals surface area (Å²) in [6, 6.07) is -0.175. The number of nitrogens with one attached hydrogen (secondary N) is 2. The molecular weight excluding hydrogens is 476 g/mol. The first-order valence-corrected chi connectivity index (χ1v) is 9.65. The van der Waals surface area contributed by atoms with Crippen LogP contribution in [0.3, 0.4) is 0 Å². The first kappa shape index (κ1) is 23.5. The summed E-state index contributed by atoms with van der Waals surface area (Å²) in [7, 11) is 0. The molecule has 0 bridgehead atoms. The smallest absolute Gasteiger partial charge is 0.357 e. The number of halogens is 4. The van der Waals surface area contributed by atoms with E-state index >= 15 is 0 Å². The summed E-state index contributed by atoms with van der Waals surface area (Å²) >= 11 is 1.67. The molecule has 150 valence electrons. The number of nitrogens with zero attached hydrogens (tertiary/aromatic N) is 2. The number of alkyl halides is 3. The molecule has 9 heteroatoms. The number of hydrogen-bond acceptors (Lipinski definition) is 3. The Labute approximate surface area is 174 Å². The van der Waals surface area contributed by atoms with E-state index in [2.05, 4.69) is 20.6 Å². The van der Waals surface area contributed by atoms with Crippen LogP contribution in [0.25, 0.3) is 0 Å². The summed E-state index contributed by atoms with van der Waals surface area (Å²) < 4.78 is 38.9. The zero-order valence-corrected chi connectivity index (χ0v) is 18.6.